The Morgan fingerprint density at radius 3 is 2.60 bits per heavy atom. The second kappa shape index (κ2) is 7.80. The molecule has 1 saturated heterocycles. The summed E-state index contributed by atoms with van der Waals surface area (Å²) in [5.41, 5.74) is 1.80. The van der Waals surface area contributed by atoms with Crippen molar-refractivity contribution < 1.29 is 19.0 Å². The summed E-state index contributed by atoms with van der Waals surface area (Å²) in [6, 6.07) is 13.4. The number of nitrogens with zero attached hydrogens (tertiary/aromatic N) is 1. The monoisotopic (exact) mass is 426 g/mol. The first-order valence-electron chi connectivity index (χ1n) is 10.2. The average Bonchev–Trinajstić information content (AvgIpc) is 2.73. The third-order valence-electron chi connectivity index (χ3n) is 5.85. The smallest absolute Gasteiger partial charge is 0.317 e. The molecule has 0 amide bonds. The highest BCUT2D eigenvalue weighted by Crippen LogP contribution is 2.52. The number of fused-ring (bicyclic) bond motifs is 4. The van der Waals surface area contributed by atoms with Gasteiger partial charge in [-0.3, -0.25) is 9.69 Å². The van der Waals surface area contributed by atoms with E-state index in [2.05, 4.69) is 24.4 Å². The number of methoxy groups -OCH3 is 1. The van der Waals surface area contributed by atoms with Crippen molar-refractivity contribution >= 4 is 29.0 Å². The number of ether oxygens (including phenoxy) is 3. The maximum Gasteiger partial charge on any atom is 0.317 e. The molecule has 0 aromatic heterocycles. The largest absolute Gasteiger partial charge is 0.493 e. The van der Waals surface area contributed by atoms with E-state index in [1.165, 1.54) is 5.56 Å². The first-order valence-corrected chi connectivity index (χ1v) is 10.6. The Morgan fingerprint density at radius 1 is 1.23 bits per heavy atom. The Bertz CT molecular complexity index is 978. The van der Waals surface area contributed by atoms with Gasteiger partial charge in [-0.2, -0.15) is 0 Å². The van der Waals surface area contributed by atoms with Crippen LogP contribution in [0.1, 0.15) is 37.9 Å². The number of carbonyl (C=O) groups is 1. The van der Waals surface area contributed by atoms with Gasteiger partial charge < -0.3 is 19.5 Å². The van der Waals surface area contributed by atoms with Gasteiger partial charge in [-0.05, 0) is 56.2 Å². The van der Waals surface area contributed by atoms with Crippen LogP contribution in [-0.2, 0) is 16.0 Å². The second-order valence-corrected chi connectivity index (χ2v) is 7.93. The first kappa shape index (κ1) is 20.5. The van der Waals surface area contributed by atoms with Crippen LogP contribution in [0, 0.1) is 5.92 Å². The molecule has 2 bridgehead atoms. The van der Waals surface area contributed by atoms with Crippen molar-refractivity contribution in [1.82, 2.24) is 5.32 Å². The molecular formula is C23H26N2O4S. The minimum atomic E-state index is -1.09. The quantitative estimate of drug-likeness (QED) is 0.573. The number of hydrogen-bond donors (Lipinski definition) is 1. The van der Waals surface area contributed by atoms with Crippen molar-refractivity contribution in [2.24, 2.45) is 5.92 Å². The molecule has 7 heteroatoms. The number of thiocarbonyl (C=S) groups is 1. The van der Waals surface area contributed by atoms with Crippen LogP contribution in [0.25, 0.3) is 0 Å². The highest BCUT2D eigenvalue weighted by molar-refractivity contribution is 7.80. The standard InChI is InChI=1S/C23H26N2O4S/c1-5-14-10-12-15(13-11-14)25-22(30)24-19-16-8-7-9-17(27-4)20(16)29-23(25,3)18(19)21(26)28-6-2/h7-13,18-19H,5-6H2,1-4H3,(H,24,30)/t18-,19-,23-/m0/s1. The van der Waals surface area contributed by atoms with Crippen molar-refractivity contribution in [2.75, 3.05) is 18.6 Å². The number of esters is 1. The van der Waals surface area contributed by atoms with Crippen LogP contribution in [0.5, 0.6) is 11.5 Å². The van der Waals surface area contributed by atoms with E-state index in [1.54, 1.807) is 14.0 Å². The zero-order chi connectivity index (χ0) is 21.5. The normalized spacial score (nSPS) is 24.4. The van der Waals surface area contributed by atoms with Crippen LogP contribution in [0.15, 0.2) is 42.5 Å². The Hall–Kier alpha value is -2.80. The van der Waals surface area contributed by atoms with Gasteiger partial charge >= 0.3 is 5.97 Å². The fraction of sp³-hybridized carbons (Fsp3) is 0.391. The molecule has 1 fully saturated rings. The average molecular weight is 427 g/mol. The summed E-state index contributed by atoms with van der Waals surface area (Å²) in [5, 5.41) is 3.87. The molecule has 3 atom stereocenters. The molecule has 0 radical (unpaired) electrons. The molecule has 6 nitrogen and oxygen atoms in total. The lowest BCUT2D eigenvalue weighted by molar-refractivity contribution is -0.159. The number of rotatable bonds is 5. The third-order valence-corrected chi connectivity index (χ3v) is 6.15. The summed E-state index contributed by atoms with van der Waals surface area (Å²) in [7, 11) is 1.60. The zero-order valence-electron chi connectivity index (χ0n) is 17.6. The van der Waals surface area contributed by atoms with Crippen molar-refractivity contribution in [3.05, 3.63) is 53.6 Å². The van der Waals surface area contributed by atoms with Gasteiger partial charge in [-0.15, -0.1) is 0 Å². The number of nitrogens with one attached hydrogen (secondary N) is 1. The maximum absolute atomic E-state index is 13.1. The van der Waals surface area contributed by atoms with Crippen LogP contribution in [0.4, 0.5) is 5.69 Å². The molecule has 30 heavy (non-hydrogen) atoms. The first-order chi connectivity index (χ1) is 14.4. The number of aryl methyl sites for hydroxylation is 1. The Morgan fingerprint density at radius 2 is 1.97 bits per heavy atom. The zero-order valence-corrected chi connectivity index (χ0v) is 18.4. The van der Waals surface area contributed by atoms with E-state index in [0.717, 1.165) is 17.7 Å². The molecular weight excluding hydrogens is 400 g/mol. The predicted molar refractivity (Wildman–Crippen MR) is 119 cm³/mol. The van der Waals surface area contributed by atoms with Gasteiger partial charge in [-0.25, -0.2) is 0 Å². The van der Waals surface area contributed by atoms with Crippen molar-refractivity contribution in [2.45, 2.75) is 39.0 Å². The summed E-state index contributed by atoms with van der Waals surface area (Å²) < 4.78 is 17.6. The molecule has 2 aliphatic rings. The second-order valence-electron chi connectivity index (χ2n) is 7.55. The maximum atomic E-state index is 13.1. The summed E-state index contributed by atoms with van der Waals surface area (Å²) in [6.07, 6.45) is 0.939. The van der Waals surface area contributed by atoms with Gasteiger partial charge in [0.1, 0.15) is 5.92 Å². The molecule has 0 unspecified atom stereocenters. The van der Waals surface area contributed by atoms with E-state index in [9.17, 15) is 4.79 Å². The van der Waals surface area contributed by atoms with Crippen LogP contribution < -0.4 is 19.7 Å². The molecule has 2 aliphatic heterocycles. The van der Waals surface area contributed by atoms with E-state index in [-0.39, 0.29) is 12.0 Å². The van der Waals surface area contributed by atoms with Crippen LogP contribution in [0.3, 0.4) is 0 Å². The number of para-hydroxylation sites is 1. The molecule has 4 rings (SSSR count). The van der Waals surface area contributed by atoms with Crippen molar-refractivity contribution in [3.63, 3.8) is 0 Å². The van der Waals surface area contributed by atoms with Gasteiger partial charge in [-0.1, -0.05) is 31.2 Å². The molecule has 0 saturated carbocycles. The minimum absolute atomic E-state index is 0.290. The van der Waals surface area contributed by atoms with E-state index < -0.39 is 11.6 Å². The Balaban J connectivity index is 1.89. The van der Waals surface area contributed by atoms with Gasteiger partial charge in [0.25, 0.3) is 0 Å². The predicted octanol–water partition coefficient (Wildman–Crippen LogP) is 3.98. The van der Waals surface area contributed by atoms with Crippen LogP contribution >= 0.6 is 12.2 Å². The van der Waals surface area contributed by atoms with Crippen LogP contribution in [0.2, 0.25) is 0 Å². The lowest BCUT2D eigenvalue weighted by atomic mass is 9.79. The van der Waals surface area contributed by atoms with Crippen molar-refractivity contribution in [1.29, 1.82) is 0 Å². The molecule has 0 spiro atoms. The highest BCUT2D eigenvalue weighted by Gasteiger charge is 2.60. The molecule has 2 aromatic carbocycles. The van der Waals surface area contributed by atoms with E-state index >= 15 is 0 Å². The van der Waals surface area contributed by atoms with Gasteiger partial charge in [0.05, 0.1) is 19.8 Å². The van der Waals surface area contributed by atoms with Gasteiger partial charge in [0, 0.05) is 11.3 Å². The molecule has 2 aromatic rings. The van der Waals surface area contributed by atoms with E-state index in [1.807, 2.05) is 42.2 Å². The molecule has 158 valence electrons. The SMILES string of the molecule is CCOC(=O)[C@@H]1[C@H]2NC(=S)N(c3ccc(CC)cc3)[C@@]1(C)Oc1c(OC)cccc12. The number of benzene rings is 2. The van der Waals surface area contributed by atoms with E-state index in [0.29, 0.717) is 23.2 Å². The number of hydrogen-bond acceptors (Lipinski definition) is 5. The number of anilines is 1. The molecule has 0 aliphatic carbocycles. The summed E-state index contributed by atoms with van der Waals surface area (Å²) in [5.74, 6) is 0.262. The third kappa shape index (κ3) is 3.08. The van der Waals surface area contributed by atoms with Crippen molar-refractivity contribution in [3.8, 4) is 11.5 Å². The fourth-order valence-electron chi connectivity index (χ4n) is 4.39. The molecule has 1 N–H and O–H groups in total. The molecule has 2 heterocycles. The van der Waals surface area contributed by atoms with E-state index in [4.69, 9.17) is 26.4 Å². The summed E-state index contributed by atoms with van der Waals surface area (Å²) in [4.78, 5) is 15.0. The summed E-state index contributed by atoms with van der Waals surface area (Å²) in [6.45, 7) is 6.09. The Kier molecular flexibility index (Phi) is 5.32. The van der Waals surface area contributed by atoms with Crippen LogP contribution in [-0.4, -0.2) is 30.5 Å². The highest BCUT2D eigenvalue weighted by atomic mass is 32.1. The fourth-order valence-corrected chi connectivity index (χ4v) is 4.81. The minimum Gasteiger partial charge on any atom is -0.493 e. The lowest BCUT2D eigenvalue weighted by Crippen LogP contribution is -2.71. The van der Waals surface area contributed by atoms with Gasteiger partial charge in [0.15, 0.2) is 16.6 Å². The number of carbonyl (C=O) groups excluding carboxylic acids is 1. The van der Waals surface area contributed by atoms with Gasteiger partial charge in [0.2, 0.25) is 5.72 Å². The Labute approximate surface area is 182 Å². The topological polar surface area (TPSA) is 60.0 Å². The lowest BCUT2D eigenvalue weighted by Gasteiger charge is -2.55. The summed E-state index contributed by atoms with van der Waals surface area (Å²) >= 11 is 5.74.